The zero-order valence-electron chi connectivity index (χ0n) is 15.1. The monoisotopic (exact) mass is 349 g/mol. The van der Waals surface area contributed by atoms with Crippen molar-refractivity contribution in [2.24, 2.45) is 11.7 Å². The highest BCUT2D eigenvalue weighted by molar-refractivity contribution is 5.65. The summed E-state index contributed by atoms with van der Waals surface area (Å²) in [7, 11) is 0. The highest BCUT2D eigenvalue weighted by Gasteiger charge is 2.30. The van der Waals surface area contributed by atoms with Crippen molar-refractivity contribution < 1.29 is 14.5 Å². The van der Waals surface area contributed by atoms with E-state index < -0.39 is 11.7 Å². The van der Waals surface area contributed by atoms with Crippen LogP contribution in [0.15, 0.2) is 18.2 Å². The van der Waals surface area contributed by atoms with Crippen molar-refractivity contribution in [1.82, 2.24) is 0 Å². The van der Waals surface area contributed by atoms with Gasteiger partial charge in [0.2, 0.25) is 0 Å². The maximum Gasteiger partial charge on any atom is 0.405 e. The molecular formula is C18H27N3O4. The van der Waals surface area contributed by atoms with Gasteiger partial charge in [0.25, 0.3) is 5.69 Å². The first-order chi connectivity index (χ1) is 11.7. The lowest BCUT2D eigenvalue weighted by Gasteiger charge is -2.34. The first-order valence-corrected chi connectivity index (χ1v) is 8.66. The predicted octanol–water partition coefficient (Wildman–Crippen LogP) is 4.14. The Morgan fingerprint density at radius 3 is 2.56 bits per heavy atom. The second kappa shape index (κ2) is 7.72. The Balaban J connectivity index is 1.91. The van der Waals surface area contributed by atoms with Crippen molar-refractivity contribution >= 4 is 17.5 Å². The van der Waals surface area contributed by atoms with Gasteiger partial charge >= 0.3 is 6.09 Å². The lowest BCUT2D eigenvalue weighted by molar-refractivity contribution is -0.384. The zero-order chi connectivity index (χ0) is 18.6. The molecule has 0 atom stereocenters. The fraction of sp³-hybridized carbons (Fsp3) is 0.611. The Labute approximate surface area is 148 Å². The van der Waals surface area contributed by atoms with E-state index in [9.17, 15) is 14.9 Å². The summed E-state index contributed by atoms with van der Waals surface area (Å²) >= 11 is 0. The van der Waals surface area contributed by atoms with Gasteiger partial charge in [-0.15, -0.1) is 0 Å². The molecule has 2 rings (SSSR count). The number of benzene rings is 1. The van der Waals surface area contributed by atoms with Crippen LogP contribution >= 0.6 is 0 Å². The minimum Gasteiger partial charge on any atom is -0.444 e. The molecule has 0 radical (unpaired) electrons. The van der Waals surface area contributed by atoms with Crippen LogP contribution in [0.3, 0.4) is 0 Å². The fourth-order valence-corrected chi connectivity index (χ4v) is 3.65. The molecule has 0 bridgehead atoms. The molecular weight excluding hydrogens is 322 g/mol. The molecule has 1 saturated carbocycles. The molecule has 1 aliphatic rings. The molecule has 1 aromatic rings. The molecule has 138 valence electrons. The number of ether oxygens (including phenoxy) is 1. The molecule has 1 aliphatic carbocycles. The fourth-order valence-electron chi connectivity index (χ4n) is 3.65. The van der Waals surface area contributed by atoms with Crippen LogP contribution in [0.2, 0.25) is 0 Å². The van der Waals surface area contributed by atoms with Crippen molar-refractivity contribution in [3.63, 3.8) is 0 Å². The van der Waals surface area contributed by atoms with Gasteiger partial charge < -0.3 is 15.8 Å². The van der Waals surface area contributed by atoms with E-state index in [-0.39, 0.29) is 16.7 Å². The molecule has 1 amide bonds. The molecule has 1 fully saturated rings. The molecule has 0 aliphatic heterocycles. The van der Waals surface area contributed by atoms with E-state index in [2.05, 4.69) is 5.32 Å². The maximum atomic E-state index is 11.2. The molecule has 0 unspecified atom stereocenters. The van der Waals surface area contributed by atoms with Gasteiger partial charge in [-0.3, -0.25) is 10.1 Å². The molecule has 7 heteroatoms. The van der Waals surface area contributed by atoms with Crippen LogP contribution in [0.25, 0.3) is 0 Å². The third-order valence-corrected chi connectivity index (χ3v) is 4.71. The third-order valence-electron chi connectivity index (χ3n) is 4.71. The second-order valence-corrected chi connectivity index (χ2v) is 7.52. The minimum atomic E-state index is -0.743. The maximum absolute atomic E-state index is 11.2. The van der Waals surface area contributed by atoms with Gasteiger partial charge in [-0.25, -0.2) is 4.79 Å². The van der Waals surface area contributed by atoms with E-state index in [1.165, 1.54) is 0 Å². The molecule has 7 nitrogen and oxygen atoms in total. The Bertz CT molecular complexity index is 637. The lowest BCUT2D eigenvalue weighted by Crippen LogP contribution is -2.35. The number of amides is 1. The lowest BCUT2D eigenvalue weighted by atomic mass is 9.80. The van der Waals surface area contributed by atoms with Gasteiger partial charge in [0, 0.05) is 12.1 Å². The van der Waals surface area contributed by atoms with Crippen LogP contribution in [0, 0.1) is 23.0 Å². The molecule has 0 heterocycles. The quantitative estimate of drug-likeness (QED) is 0.593. The van der Waals surface area contributed by atoms with Crippen LogP contribution in [-0.2, 0) is 4.74 Å². The van der Waals surface area contributed by atoms with Crippen LogP contribution in [0.5, 0.6) is 0 Å². The largest absolute Gasteiger partial charge is 0.444 e. The number of hydrogen-bond acceptors (Lipinski definition) is 5. The average Bonchev–Trinajstić information content (AvgIpc) is 2.49. The first kappa shape index (κ1) is 19.0. The van der Waals surface area contributed by atoms with Crippen LogP contribution < -0.4 is 11.1 Å². The summed E-state index contributed by atoms with van der Waals surface area (Å²) in [6.45, 7) is 5.59. The molecule has 1 aromatic carbocycles. The van der Waals surface area contributed by atoms with Gasteiger partial charge in [-0.1, -0.05) is 6.07 Å². The summed E-state index contributed by atoms with van der Waals surface area (Å²) < 4.78 is 5.16. The number of hydrogen-bond donors (Lipinski definition) is 2. The molecule has 0 spiro atoms. The molecule has 0 saturated heterocycles. The summed E-state index contributed by atoms with van der Waals surface area (Å²) in [6, 6.07) is 5.48. The van der Waals surface area contributed by atoms with Gasteiger partial charge in [-0.2, -0.15) is 0 Å². The van der Waals surface area contributed by atoms with E-state index in [4.69, 9.17) is 10.5 Å². The smallest absolute Gasteiger partial charge is 0.405 e. The van der Waals surface area contributed by atoms with E-state index in [1.54, 1.807) is 12.1 Å². The number of primary amides is 1. The topological polar surface area (TPSA) is 107 Å². The number of carbonyl (C=O) groups excluding carboxylic acids is 1. The van der Waals surface area contributed by atoms with E-state index in [1.807, 2.05) is 26.8 Å². The number of nitro benzene ring substituents is 1. The standard InChI is InChI=1S/C18H27N3O4/c1-12-4-9-15(16(10-12)21(23)24)20-14-7-5-13(6-8-14)11-18(2,3)25-17(19)22/h4,9-10,13-14,20H,5-8,11H2,1-3H3,(H2,19,22). The first-order valence-electron chi connectivity index (χ1n) is 8.66. The van der Waals surface area contributed by atoms with Gasteiger partial charge in [-0.05, 0) is 70.4 Å². The van der Waals surface area contributed by atoms with Crippen molar-refractivity contribution in [2.45, 2.75) is 64.5 Å². The van der Waals surface area contributed by atoms with Crippen LogP contribution in [0.4, 0.5) is 16.2 Å². The summed E-state index contributed by atoms with van der Waals surface area (Å²) in [5.74, 6) is 0.459. The second-order valence-electron chi connectivity index (χ2n) is 7.52. The van der Waals surface area contributed by atoms with E-state index >= 15 is 0 Å². The highest BCUT2D eigenvalue weighted by Crippen LogP contribution is 2.35. The Hall–Kier alpha value is -2.31. The molecule has 25 heavy (non-hydrogen) atoms. The number of anilines is 1. The number of rotatable bonds is 6. The van der Waals surface area contributed by atoms with Crippen LogP contribution in [-0.4, -0.2) is 22.7 Å². The Kier molecular flexibility index (Phi) is 5.87. The van der Waals surface area contributed by atoms with Crippen molar-refractivity contribution in [3.05, 3.63) is 33.9 Å². The predicted molar refractivity (Wildman–Crippen MR) is 96.6 cm³/mol. The average molecular weight is 349 g/mol. The summed E-state index contributed by atoms with van der Waals surface area (Å²) in [6.07, 6.45) is 3.87. The number of nitrogens with one attached hydrogen (secondary N) is 1. The highest BCUT2D eigenvalue weighted by atomic mass is 16.6. The van der Waals surface area contributed by atoms with Gasteiger partial charge in [0.15, 0.2) is 0 Å². The third kappa shape index (κ3) is 5.62. The number of nitrogens with zero attached hydrogens (tertiary/aromatic N) is 1. The van der Waals surface area contributed by atoms with Gasteiger partial charge in [0.1, 0.15) is 11.3 Å². The number of aryl methyl sites for hydroxylation is 1. The van der Waals surface area contributed by atoms with E-state index in [0.717, 1.165) is 37.7 Å². The Morgan fingerprint density at radius 2 is 2.00 bits per heavy atom. The van der Waals surface area contributed by atoms with Crippen molar-refractivity contribution in [3.8, 4) is 0 Å². The Morgan fingerprint density at radius 1 is 1.36 bits per heavy atom. The number of nitrogens with two attached hydrogens (primary N) is 1. The SMILES string of the molecule is Cc1ccc(NC2CCC(CC(C)(C)OC(N)=O)CC2)c([N+](=O)[O-])c1. The minimum absolute atomic E-state index is 0.123. The summed E-state index contributed by atoms with van der Waals surface area (Å²) in [5, 5.41) is 14.6. The van der Waals surface area contributed by atoms with Crippen molar-refractivity contribution in [1.29, 1.82) is 0 Å². The number of nitro groups is 1. The zero-order valence-corrected chi connectivity index (χ0v) is 15.1. The van der Waals surface area contributed by atoms with Crippen molar-refractivity contribution in [2.75, 3.05) is 5.32 Å². The van der Waals surface area contributed by atoms with E-state index in [0.29, 0.717) is 11.6 Å². The van der Waals surface area contributed by atoms with Gasteiger partial charge in [0.05, 0.1) is 4.92 Å². The summed E-state index contributed by atoms with van der Waals surface area (Å²) in [5.41, 5.74) is 6.13. The van der Waals surface area contributed by atoms with Crippen LogP contribution in [0.1, 0.15) is 51.5 Å². The summed E-state index contributed by atoms with van der Waals surface area (Å²) in [4.78, 5) is 21.8. The number of carbonyl (C=O) groups is 1. The molecule has 0 aromatic heterocycles. The molecule has 3 N–H and O–H groups in total. The normalized spacial score (nSPS) is 20.8.